The van der Waals surface area contributed by atoms with Crippen LogP contribution in [0.4, 0.5) is 5.69 Å². The van der Waals surface area contributed by atoms with Gasteiger partial charge in [0.25, 0.3) is 0 Å². The Morgan fingerprint density at radius 2 is 2.21 bits per heavy atom. The van der Waals surface area contributed by atoms with Crippen LogP contribution in [0.15, 0.2) is 24.3 Å². The monoisotopic (exact) mass is 264 g/mol. The van der Waals surface area contributed by atoms with E-state index in [2.05, 4.69) is 15.0 Å². The number of carbonyl (C=O) groups is 1. The standard InChI is InChI=1S/C14H20N2O3/c1-19-14(18)11-3-5-13(6-4-11)16-8-2-7-15-12(9-16)10-17/h3-6,12,15,17H,2,7-10H2,1H3. The molecule has 0 radical (unpaired) electrons. The van der Waals surface area contributed by atoms with Crippen LogP contribution in [0.5, 0.6) is 0 Å². The zero-order chi connectivity index (χ0) is 13.7. The molecule has 1 aromatic rings. The summed E-state index contributed by atoms with van der Waals surface area (Å²) in [5.74, 6) is -0.322. The van der Waals surface area contributed by atoms with E-state index in [1.807, 2.05) is 12.1 Å². The Labute approximate surface area is 113 Å². The minimum atomic E-state index is -0.322. The largest absolute Gasteiger partial charge is 0.465 e. The molecule has 2 rings (SSSR count). The molecule has 5 heteroatoms. The van der Waals surface area contributed by atoms with Crippen LogP contribution in [-0.4, -0.2) is 50.5 Å². The lowest BCUT2D eigenvalue weighted by molar-refractivity contribution is 0.0601. The van der Waals surface area contributed by atoms with E-state index in [-0.39, 0.29) is 18.6 Å². The summed E-state index contributed by atoms with van der Waals surface area (Å²) in [4.78, 5) is 13.6. The van der Waals surface area contributed by atoms with Gasteiger partial charge in [0.05, 0.1) is 19.3 Å². The molecule has 0 saturated carbocycles. The van der Waals surface area contributed by atoms with Gasteiger partial charge in [-0.2, -0.15) is 0 Å². The van der Waals surface area contributed by atoms with Crippen LogP contribution < -0.4 is 10.2 Å². The van der Waals surface area contributed by atoms with Gasteiger partial charge >= 0.3 is 5.97 Å². The summed E-state index contributed by atoms with van der Waals surface area (Å²) in [6.45, 7) is 2.77. The van der Waals surface area contributed by atoms with Gasteiger partial charge in [0.2, 0.25) is 0 Å². The molecule has 1 aliphatic heterocycles. The van der Waals surface area contributed by atoms with Crippen LogP contribution in [0.1, 0.15) is 16.8 Å². The van der Waals surface area contributed by atoms with Gasteiger partial charge in [0.15, 0.2) is 0 Å². The first-order chi connectivity index (χ1) is 9.24. The Morgan fingerprint density at radius 3 is 2.84 bits per heavy atom. The predicted molar refractivity (Wildman–Crippen MR) is 73.5 cm³/mol. The SMILES string of the molecule is COC(=O)c1ccc(N2CCCNC(CO)C2)cc1. The number of hydrogen-bond acceptors (Lipinski definition) is 5. The second-order valence-electron chi connectivity index (χ2n) is 4.67. The highest BCUT2D eigenvalue weighted by molar-refractivity contribution is 5.89. The normalized spacial score (nSPS) is 19.9. The Bertz CT molecular complexity index is 419. The number of esters is 1. The molecule has 0 amide bonds. The molecule has 0 bridgehead atoms. The van der Waals surface area contributed by atoms with Crippen LogP contribution in [-0.2, 0) is 4.74 Å². The highest BCUT2D eigenvalue weighted by atomic mass is 16.5. The zero-order valence-electron chi connectivity index (χ0n) is 11.1. The third-order valence-electron chi connectivity index (χ3n) is 3.35. The number of methoxy groups -OCH3 is 1. The zero-order valence-corrected chi connectivity index (χ0v) is 11.1. The van der Waals surface area contributed by atoms with Crippen LogP contribution in [0.3, 0.4) is 0 Å². The summed E-state index contributed by atoms with van der Waals surface area (Å²) in [7, 11) is 1.38. The maximum absolute atomic E-state index is 11.4. The molecule has 1 aromatic carbocycles. The quantitative estimate of drug-likeness (QED) is 0.784. The van der Waals surface area contributed by atoms with Crippen molar-refractivity contribution < 1.29 is 14.6 Å². The van der Waals surface area contributed by atoms with Crippen molar-refractivity contribution in [1.82, 2.24) is 5.32 Å². The van der Waals surface area contributed by atoms with Gasteiger partial charge in [-0.05, 0) is 37.2 Å². The van der Waals surface area contributed by atoms with Crippen molar-refractivity contribution >= 4 is 11.7 Å². The van der Waals surface area contributed by atoms with Crippen LogP contribution in [0.25, 0.3) is 0 Å². The van der Waals surface area contributed by atoms with E-state index in [1.54, 1.807) is 12.1 Å². The minimum Gasteiger partial charge on any atom is -0.465 e. The molecule has 5 nitrogen and oxygen atoms in total. The molecule has 19 heavy (non-hydrogen) atoms. The van der Waals surface area contributed by atoms with Crippen molar-refractivity contribution in [2.75, 3.05) is 38.3 Å². The van der Waals surface area contributed by atoms with Crippen LogP contribution in [0.2, 0.25) is 0 Å². The number of aliphatic hydroxyl groups excluding tert-OH is 1. The fourth-order valence-corrected chi connectivity index (χ4v) is 2.28. The number of ether oxygens (including phenoxy) is 1. The molecule has 1 unspecified atom stereocenters. The Kier molecular flexibility index (Phi) is 4.76. The van der Waals surface area contributed by atoms with Crippen LogP contribution >= 0.6 is 0 Å². The van der Waals surface area contributed by atoms with Crippen molar-refractivity contribution in [2.24, 2.45) is 0 Å². The molecule has 1 saturated heterocycles. The number of aliphatic hydroxyl groups is 1. The second-order valence-corrected chi connectivity index (χ2v) is 4.67. The fourth-order valence-electron chi connectivity index (χ4n) is 2.28. The van der Waals surface area contributed by atoms with E-state index in [9.17, 15) is 9.90 Å². The summed E-state index contributed by atoms with van der Waals surface area (Å²) < 4.78 is 4.68. The summed E-state index contributed by atoms with van der Waals surface area (Å²) >= 11 is 0. The first-order valence-electron chi connectivity index (χ1n) is 6.52. The maximum atomic E-state index is 11.4. The molecular weight excluding hydrogens is 244 g/mol. The molecule has 104 valence electrons. The van der Waals surface area contributed by atoms with E-state index in [0.717, 1.165) is 31.7 Å². The molecular formula is C14H20N2O3. The van der Waals surface area contributed by atoms with Gasteiger partial charge in [0, 0.05) is 24.8 Å². The summed E-state index contributed by atoms with van der Waals surface area (Å²) in [5.41, 5.74) is 1.62. The molecule has 0 aromatic heterocycles. The second kappa shape index (κ2) is 6.54. The number of benzene rings is 1. The molecule has 2 N–H and O–H groups in total. The Hall–Kier alpha value is -1.59. The number of hydrogen-bond donors (Lipinski definition) is 2. The van der Waals surface area contributed by atoms with Crippen molar-refractivity contribution in [3.8, 4) is 0 Å². The van der Waals surface area contributed by atoms with Crippen molar-refractivity contribution in [1.29, 1.82) is 0 Å². The third kappa shape index (κ3) is 3.45. The highest BCUT2D eigenvalue weighted by Gasteiger charge is 2.17. The number of carbonyl (C=O) groups excluding carboxylic acids is 1. The number of nitrogens with zero attached hydrogens (tertiary/aromatic N) is 1. The van der Waals surface area contributed by atoms with Crippen molar-refractivity contribution in [2.45, 2.75) is 12.5 Å². The van der Waals surface area contributed by atoms with E-state index >= 15 is 0 Å². The molecule has 1 atom stereocenters. The Morgan fingerprint density at radius 1 is 1.47 bits per heavy atom. The lowest BCUT2D eigenvalue weighted by Crippen LogP contribution is -2.40. The number of nitrogens with one attached hydrogen (secondary N) is 1. The minimum absolute atomic E-state index is 0.0998. The lowest BCUT2D eigenvalue weighted by Gasteiger charge is -2.25. The van der Waals surface area contributed by atoms with E-state index in [4.69, 9.17) is 0 Å². The van der Waals surface area contributed by atoms with Gasteiger partial charge in [-0.3, -0.25) is 0 Å². The van der Waals surface area contributed by atoms with Gasteiger partial charge in [-0.1, -0.05) is 0 Å². The summed E-state index contributed by atoms with van der Waals surface area (Å²) in [5, 5.41) is 12.6. The summed E-state index contributed by atoms with van der Waals surface area (Å²) in [6, 6.07) is 7.49. The molecule has 0 aliphatic carbocycles. The topological polar surface area (TPSA) is 61.8 Å². The maximum Gasteiger partial charge on any atom is 0.337 e. The molecule has 1 aliphatic rings. The average Bonchev–Trinajstić information content (AvgIpc) is 2.72. The summed E-state index contributed by atoms with van der Waals surface area (Å²) in [6.07, 6.45) is 1.04. The van der Waals surface area contributed by atoms with Gasteiger partial charge in [0.1, 0.15) is 0 Å². The van der Waals surface area contributed by atoms with Gasteiger partial charge < -0.3 is 20.1 Å². The fraction of sp³-hybridized carbons (Fsp3) is 0.500. The Balaban J connectivity index is 2.09. The molecule has 1 fully saturated rings. The van der Waals surface area contributed by atoms with Crippen LogP contribution in [0, 0.1) is 0 Å². The predicted octanol–water partition coefficient (Wildman–Crippen LogP) is 0.634. The van der Waals surface area contributed by atoms with E-state index in [0.29, 0.717) is 5.56 Å². The number of rotatable bonds is 3. The number of anilines is 1. The lowest BCUT2D eigenvalue weighted by atomic mass is 10.2. The third-order valence-corrected chi connectivity index (χ3v) is 3.35. The van der Waals surface area contributed by atoms with Crippen molar-refractivity contribution in [3.05, 3.63) is 29.8 Å². The van der Waals surface area contributed by atoms with E-state index < -0.39 is 0 Å². The smallest absolute Gasteiger partial charge is 0.337 e. The first-order valence-corrected chi connectivity index (χ1v) is 6.52. The molecule has 0 spiro atoms. The molecule has 1 heterocycles. The average molecular weight is 264 g/mol. The van der Waals surface area contributed by atoms with E-state index in [1.165, 1.54) is 7.11 Å². The first kappa shape index (κ1) is 13.8. The van der Waals surface area contributed by atoms with Gasteiger partial charge in [-0.15, -0.1) is 0 Å². The van der Waals surface area contributed by atoms with Gasteiger partial charge in [-0.25, -0.2) is 4.79 Å². The highest BCUT2D eigenvalue weighted by Crippen LogP contribution is 2.17. The van der Waals surface area contributed by atoms with Crippen molar-refractivity contribution in [3.63, 3.8) is 0 Å².